The Morgan fingerprint density at radius 3 is 2.50 bits per heavy atom. The fourth-order valence-corrected chi connectivity index (χ4v) is 1.17. The van der Waals surface area contributed by atoms with Crippen molar-refractivity contribution in [3.63, 3.8) is 0 Å². The first-order chi connectivity index (χ1) is 4.20. The molecule has 1 saturated carbocycles. The lowest BCUT2D eigenvalue weighted by Crippen LogP contribution is -2.51. The van der Waals surface area contributed by atoms with Crippen molar-refractivity contribution in [2.45, 2.75) is 18.4 Å². The standard InChI is InChI=1S/C6H9FN2.ClH/c7-3-5-1-6(9,2-5)4-8;/h5H,1-3,9H2;1H. The smallest absolute Gasteiger partial charge is 0.105 e. The molecule has 0 aromatic rings. The van der Waals surface area contributed by atoms with Crippen LogP contribution in [0.3, 0.4) is 0 Å². The van der Waals surface area contributed by atoms with Gasteiger partial charge in [-0.3, -0.25) is 4.39 Å². The first-order valence-corrected chi connectivity index (χ1v) is 2.96. The number of rotatable bonds is 1. The minimum absolute atomic E-state index is 0. The van der Waals surface area contributed by atoms with Crippen molar-refractivity contribution in [3.8, 4) is 6.07 Å². The van der Waals surface area contributed by atoms with E-state index in [9.17, 15) is 4.39 Å². The van der Waals surface area contributed by atoms with E-state index in [-0.39, 0.29) is 25.0 Å². The molecule has 1 fully saturated rings. The molecule has 0 amide bonds. The van der Waals surface area contributed by atoms with Gasteiger partial charge in [0.05, 0.1) is 12.7 Å². The molecule has 1 aliphatic carbocycles. The Hall–Kier alpha value is -0.330. The van der Waals surface area contributed by atoms with E-state index >= 15 is 0 Å². The third-order valence-electron chi connectivity index (χ3n) is 1.75. The van der Waals surface area contributed by atoms with E-state index < -0.39 is 5.54 Å². The Morgan fingerprint density at radius 2 is 2.20 bits per heavy atom. The molecule has 1 aliphatic rings. The van der Waals surface area contributed by atoms with Gasteiger partial charge >= 0.3 is 0 Å². The highest BCUT2D eigenvalue weighted by Crippen LogP contribution is 2.35. The Morgan fingerprint density at radius 1 is 1.70 bits per heavy atom. The summed E-state index contributed by atoms with van der Waals surface area (Å²) in [6.07, 6.45) is 1.06. The summed E-state index contributed by atoms with van der Waals surface area (Å²) >= 11 is 0. The van der Waals surface area contributed by atoms with E-state index in [4.69, 9.17) is 11.0 Å². The van der Waals surface area contributed by atoms with Gasteiger partial charge in [-0.05, 0) is 18.8 Å². The zero-order valence-corrected chi connectivity index (χ0v) is 6.33. The molecule has 1 rings (SSSR count). The fourth-order valence-electron chi connectivity index (χ4n) is 1.17. The maximum Gasteiger partial charge on any atom is 0.105 e. The van der Waals surface area contributed by atoms with Crippen molar-refractivity contribution < 1.29 is 4.39 Å². The van der Waals surface area contributed by atoms with Crippen molar-refractivity contribution in [2.24, 2.45) is 11.7 Å². The number of alkyl halides is 1. The SMILES string of the molecule is Cl.N#CC1(N)CC(CF)C1. The van der Waals surface area contributed by atoms with Crippen LogP contribution in [-0.4, -0.2) is 12.2 Å². The predicted octanol–water partition coefficient (Wildman–Crippen LogP) is 1.01. The Kier molecular flexibility index (Phi) is 3.07. The molecule has 0 aromatic heterocycles. The summed E-state index contributed by atoms with van der Waals surface area (Å²) in [6.45, 7) is -0.333. The highest BCUT2D eigenvalue weighted by Gasteiger charge is 2.40. The molecule has 0 heterocycles. The van der Waals surface area contributed by atoms with Crippen LogP contribution < -0.4 is 5.73 Å². The lowest BCUT2D eigenvalue weighted by Gasteiger charge is -2.37. The van der Waals surface area contributed by atoms with Crippen LogP contribution >= 0.6 is 12.4 Å². The summed E-state index contributed by atoms with van der Waals surface area (Å²) in [4.78, 5) is 0. The molecule has 2 nitrogen and oxygen atoms in total. The van der Waals surface area contributed by atoms with Gasteiger partial charge in [-0.1, -0.05) is 0 Å². The minimum atomic E-state index is -0.698. The summed E-state index contributed by atoms with van der Waals surface area (Å²) in [5, 5.41) is 8.36. The molecule has 0 aliphatic heterocycles. The fraction of sp³-hybridized carbons (Fsp3) is 0.833. The molecule has 0 radical (unpaired) electrons. The third kappa shape index (κ3) is 1.59. The maximum atomic E-state index is 11.8. The molecule has 0 bridgehead atoms. The Bertz CT molecular complexity index is 148. The third-order valence-corrected chi connectivity index (χ3v) is 1.75. The van der Waals surface area contributed by atoms with E-state index in [1.165, 1.54) is 0 Å². The van der Waals surface area contributed by atoms with Gasteiger partial charge in [-0.2, -0.15) is 5.26 Å². The molecule has 0 spiro atoms. The molecule has 0 saturated heterocycles. The van der Waals surface area contributed by atoms with Crippen LogP contribution in [0.1, 0.15) is 12.8 Å². The largest absolute Gasteiger partial charge is 0.313 e. The summed E-state index contributed by atoms with van der Waals surface area (Å²) in [7, 11) is 0. The number of nitrogens with zero attached hydrogens (tertiary/aromatic N) is 1. The highest BCUT2D eigenvalue weighted by molar-refractivity contribution is 5.85. The van der Waals surface area contributed by atoms with Crippen LogP contribution in [0.5, 0.6) is 0 Å². The summed E-state index contributed by atoms with van der Waals surface area (Å²) < 4.78 is 11.8. The summed E-state index contributed by atoms with van der Waals surface area (Å²) in [5.74, 6) is 0.0506. The second-order valence-corrected chi connectivity index (χ2v) is 2.70. The molecule has 2 N–H and O–H groups in total. The van der Waals surface area contributed by atoms with Gasteiger partial charge < -0.3 is 5.73 Å². The minimum Gasteiger partial charge on any atom is -0.313 e. The van der Waals surface area contributed by atoms with Gasteiger partial charge in [-0.25, -0.2) is 0 Å². The molecule has 0 unspecified atom stereocenters. The molecular weight excluding hydrogens is 155 g/mol. The quantitative estimate of drug-likeness (QED) is 0.629. The van der Waals surface area contributed by atoms with Gasteiger partial charge in [-0.15, -0.1) is 12.4 Å². The summed E-state index contributed by atoms with van der Waals surface area (Å²) in [5.41, 5.74) is 4.74. The monoisotopic (exact) mass is 164 g/mol. The van der Waals surface area contributed by atoms with Crippen molar-refractivity contribution in [1.82, 2.24) is 0 Å². The molecule has 10 heavy (non-hydrogen) atoms. The molecular formula is C6H10ClFN2. The highest BCUT2D eigenvalue weighted by atomic mass is 35.5. The van der Waals surface area contributed by atoms with Gasteiger partial charge in [0.25, 0.3) is 0 Å². The lowest BCUT2D eigenvalue weighted by molar-refractivity contribution is 0.163. The number of halogens is 2. The zero-order valence-electron chi connectivity index (χ0n) is 5.51. The van der Waals surface area contributed by atoms with E-state index in [1.807, 2.05) is 6.07 Å². The molecule has 4 heteroatoms. The number of hydrogen-bond donors (Lipinski definition) is 1. The van der Waals surface area contributed by atoms with E-state index in [0.717, 1.165) is 0 Å². The second kappa shape index (κ2) is 3.18. The second-order valence-electron chi connectivity index (χ2n) is 2.70. The van der Waals surface area contributed by atoms with Crippen molar-refractivity contribution in [3.05, 3.63) is 0 Å². The van der Waals surface area contributed by atoms with Crippen LogP contribution in [0, 0.1) is 17.2 Å². The Labute approximate surface area is 65.6 Å². The zero-order chi connectivity index (χ0) is 6.91. The topological polar surface area (TPSA) is 49.8 Å². The van der Waals surface area contributed by atoms with Gasteiger partial charge in [0.15, 0.2) is 0 Å². The van der Waals surface area contributed by atoms with Crippen molar-refractivity contribution in [2.75, 3.05) is 6.67 Å². The van der Waals surface area contributed by atoms with Crippen LogP contribution in [0.15, 0.2) is 0 Å². The number of nitrogens with two attached hydrogens (primary N) is 1. The first kappa shape index (κ1) is 9.67. The van der Waals surface area contributed by atoms with E-state index in [0.29, 0.717) is 12.8 Å². The average Bonchev–Trinajstić information content (AvgIpc) is 1.81. The predicted molar refractivity (Wildman–Crippen MR) is 38.5 cm³/mol. The van der Waals surface area contributed by atoms with Crippen LogP contribution in [0.2, 0.25) is 0 Å². The molecule has 0 aromatic carbocycles. The first-order valence-electron chi connectivity index (χ1n) is 2.96. The lowest BCUT2D eigenvalue weighted by atomic mass is 9.70. The molecule has 0 atom stereocenters. The van der Waals surface area contributed by atoms with Crippen LogP contribution in [0.4, 0.5) is 4.39 Å². The van der Waals surface area contributed by atoms with Crippen molar-refractivity contribution in [1.29, 1.82) is 5.26 Å². The van der Waals surface area contributed by atoms with E-state index in [2.05, 4.69) is 0 Å². The van der Waals surface area contributed by atoms with Crippen molar-refractivity contribution >= 4 is 12.4 Å². The number of hydrogen-bond acceptors (Lipinski definition) is 2. The van der Waals surface area contributed by atoms with Gasteiger partial charge in [0.2, 0.25) is 0 Å². The number of nitriles is 1. The summed E-state index contributed by atoms with van der Waals surface area (Å²) in [6, 6.07) is 1.95. The van der Waals surface area contributed by atoms with Gasteiger partial charge in [0.1, 0.15) is 5.54 Å². The average molecular weight is 165 g/mol. The normalized spacial score (nSPS) is 37.1. The maximum absolute atomic E-state index is 11.8. The van der Waals surface area contributed by atoms with Crippen LogP contribution in [0.25, 0.3) is 0 Å². The van der Waals surface area contributed by atoms with Gasteiger partial charge in [0, 0.05) is 0 Å². The van der Waals surface area contributed by atoms with E-state index in [1.54, 1.807) is 0 Å². The molecule has 58 valence electrons. The van der Waals surface area contributed by atoms with Crippen LogP contribution in [-0.2, 0) is 0 Å². The Balaban J connectivity index is 0.000000810.